The molecule has 0 atom stereocenters. The summed E-state index contributed by atoms with van der Waals surface area (Å²) in [4.78, 5) is 25.0. The summed E-state index contributed by atoms with van der Waals surface area (Å²) in [5, 5.41) is 28.7. The van der Waals surface area contributed by atoms with E-state index in [4.69, 9.17) is 11.6 Å². The molecule has 126 valence electrons. The third kappa shape index (κ3) is 3.20. The number of aromatic amines is 1. The second-order valence-electron chi connectivity index (χ2n) is 5.30. The van der Waals surface area contributed by atoms with E-state index in [1.54, 1.807) is 12.1 Å². The number of hydrogen-bond acceptors (Lipinski definition) is 5. The van der Waals surface area contributed by atoms with Crippen molar-refractivity contribution in [1.82, 2.24) is 4.98 Å². The van der Waals surface area contributed by atoms with Gasteiger partial charge < -0.3 is 10.1 Å². The standard InChI is InChI=1S/C16H11ClN4O4/c1-8-2-5-12-10(6-8)14(16(23)18-12)19-20-15(22)9-3-4-11(17)13(7-9)21(24)25/h2-7,18,23H,1H3. The van der Waals surface area contributed by atoms with Crippen LogP contribution in [0.1, 0.15) is 15.9 Å². The number of nitro benzene ring substituents is 1. The van der Waals surface area contributed by atoms with Crippen molar-refractivity contribution >= 4 is 39.8 Å². The molecule has 0 spiro atoms. The molecule has 0 fully saturated rings. The number of carbonyl (C=O) groups is 1. The SMILES string of the molecule is Cc1ccc2[nH]c(O)c(N=NC(=O)c3ccc(Cl)c([N+](=O)[O-])c3)c2c1. The van der Waals surface area contributed by atoms with E-state index < -0.39 is 16.5 Å². The van der Waals surface area contributed by atoms with Crippen molar-refractivity contribution < 1.29 is 14.8 Å². The Bertz CT molecular complexity index is 1040. The van der Waals surface area contributed by atoms with Crippen molar-refractivity contribution in [3.05, 3.63) is 62.7 Å². The van der Waals surface area contributed by atoms with Crippen molar-refractivity contribution in [1.29, 1.82) is 0 Å². The number of nitrogens with one attached hydrogen (secondary N) is 1. The first-order valence-corrected chi connectivity index (χ1v) is 7.46. The number of halogens is 1. The van der Waals surface area contributed by atoms with E-state index in [0.717, 1.165) is 11.6 Å². The first-order valence-electron chi connectivity index (χ1n) is 7.08. The minimum atomic E-state index is -0.791. The van der Waals surface area contributed by atoms with Crippen LogP contribution in [0.25, 0.3) is 10.9 Å². The lowest BCUT2D eigenvalue weighted by Crippen LogP contribution is -1.97. The molecule has 0 aliphatic carbocycles. The van der Waals surface area contributed by atoms with E-state index in [2.05, 4.69) is 15.2 Å². The molecular formula is C16H11ClN4O4. The van der Waals surface area contributed by atoms with Crippen molar-refractivity contribution in [2.45, 2.75) is 6.92 Å². The predicted octanol–water partition coefficient (Wildman–Crippen LogP) is 4.67. The van der Waals surface area contributed by atoms with Gasteiger partial charge in [-0.2, -0.15) is 0 Å². The molecule has 0 radical (unpaired) electrons. The van der Waals surface area contributed by atoms with Crippen LogP contribution in [0.15, 0.2) is 46.6 Å². The summed E-state index contributed by atoms with van der Waals surface area (Å²) < 4.78 is 0. The highest BCUT2D eigenvalue weighted by atomic mass is 35.5. The second kappa shape index (κ2) is 6.33. The molecule has 2 aromatic carbocycles. The van der Waals surface area contributed by atoms with Gasteiger partial charge >= 0.3 is 0 Å². The zero-order valence-corrected chi connectivity index (χ0v) is 13.6. The van der Waals surface area contributed by atoms with E-state index in [-0.39, 0.29) is 22.2 Å². The topological polar surface area (TPSA) is 121 Å². The number of benzene rings is 2. The van der Waals surface area contributed by atoms with E-state index in [9.17, 15) is 20.0 Å². The van der Waals surface area contributed by atoms with Crippen LogP contribution in [-0.2, 0) is 0 Å². The molecule has 0 aliphatic heterocycles. The Balaban J connectivity index is 1.96. The largest absolute Gasteiger partial charge is 0.493 e. The van der Waals surface area contributed by atoms with Crippen molar-refractivity contribution in [2.75, 3.05) is 0 Å². The molecule has 9 heteroatoms. The second-order valence-corrected chi connectivity index (χ2v) is 5.71. The number of fused-ring (bicyclic) bond motifs is 1. The fourth-order valence-electron chi connectivity index (χ4n) is 2.32. The third-order valence-electron chi connectivity index (χ3n) is 3.54. The summed E-state index contributed by atoms with van der Waals surface area (Å²) >= 11 is 5.71. The van der Waals surface area contributed by atoms with Gasteiger partial charge in [-0.3, -0.25) is 14.9 Å². The van der Waals surface area contributed by atoms with Gasteiger partial charge in [-0.15, -0.1) is 10.2 Å². The Kier molecular flexibility index (Phi) is 4.20. The highest BCUT2D eigenvalue weighted by Crippen LogP contribution is 2.36. The van der Waals surface area contributed by atoms with Gasteiger partial charge in [-0.05, 0) is 31.2 Å². The number of hydrogen-bond donors (Lipinski definition) is 2. The van der Waals surface area contributed by atoms with Crippen LogP contribution in [-0.4, -0.2) is 20.9 Å². The predicted molar refractivity (Wildman–Crippen MR) is 91.7 cm³/mol. The monoisotopic (exact) mass is 358 g/mol. The lowest BCUT2D eigenvalue weighted by molar-refractivity contribution is -0.384. The molecule has 1 amide bonds. The summed E-state index contributed by atoms with van der Waals surface area (Å²) in [6.07, 6.45) is 0. The molecule has 1 aromatic heterocycles. The number of H-pyrrole nitrogens is 1. The first-order chi connectivity index (χ1) is 11.9. The Morgan fingerprint density at radius 2 is 2.04 bits per heavy atom. The first kappa shape index (κ1) is 16.6. The lowest BCUT2D eigenvalue weighted by Gasteiger charge is -1.98. The Labute approximate surface area is 145 Å². The Hall–Kier alpha value is -3.26. The zero-order chi connectivity index (χ0) is 18.1. The molecule has 1 heterocycles. The molecule has 25 heavy (non-hydrogen) atoms. The fraction of sp³-hybridized carbons (Fsp3) is 0.0625. The smallest absolute Gasteiger partial charge is 0.295 e. The van der Waals surface area contributed by atoms with Crippen LogP contribution in [0.2, 0.25) is 5.02 Å². The van der Waals surface area contributed by atoms with Gasteiger partial charge in [0.2, 0.25) is 5.88 Å². The number of nitrogens with zero attached hydrogens (tertiary/aromatic N) is 3. The maximum absolute atomic E-state index is 12.1. The Morgan fingerprint density at radius 1 is 1.28 bits per heavy atom. The van der Waals surface area contributed by atoms with Gasteiger partial charge in [-0.25, -0.2) is 0 Å². The van der Waals surface area contributed by atoms with Crippen LogP contribution in [0.5, 0.6) is 5.88 Å². The molecule has 3 rings (SSSR count). The fourth-order valence-corrected chi connectivity index (χ4v) is 2.50. The summed E-state index contributed by atoms with van der Waals surface area (Å²) in [5.41, 5.74) is 1.29. The zero-order valence-electron chi connectivity index (χ0n) is 12.9. The van der Waals surface area contributed by atoms with E-state index in [1.807, 2.05) is 13.0 Å². The maximum Gasteiger partial charge on any atom is 0.295 e. The lowest BCUT2D eigenvalue weighted by atomic mass is 10.1. The summed E-state index contributed by atoms with van der Waals surface area (Å²) in [7, 11) is 0. The average Bonchev–Trinajstić information content (AvgIpc) is 2.87. The van der Waals surface area contributed by atoms with Crippen LogP contribution >= 0.6 is 11.6 Å². The number of aromatic nitrogens is 1. The molecule has 2 N–H and O–H groups in total. The van der Waals surface area contributed by atoms with Gasteiger partial charge in [0, 0.05) is 11.5 Å². The highest BCUT2D eigenvalue weighted by molar-refractivity contribution is 6.32. The molecular weight excluding hydrogens is 348 g/mol. The van der Waals surface area contributed by atoms with Crippen LogP contribution in [0.3, 0.4) is 0 Å². The van der Waals surface area contributed by atoms with Crippen LogP contribution in [0, 0.1) is 17.0 Å². The van der Waals surface area contributed by atoms with Gasteiger partial charge in [0.15, 0.2) is 5.69 Å². The number of azo groups is 1. The number of amides is 1. The minimum absolute atomic E-state index is 0.0321. The molecule has 3 aromatic rings. The quantitative estimate of drug-likeness (QED) is 0.401. The van der Waals surface area contributed by atoms with Crippen molar-refractivity contribution in [2.24, 2.45) is 10.2 Å². The van der Waals surface area contributed by atoms with E-state index >= 15 is 0 Å². The van der Waals surface area contributed by atoms with E-state index in [0.29, 0.717) is 10.9 Å². The number of carbonyl (C=O) groups excluding carboxylic acids is 1. The summed E-state index contributed by atoms with van der Waals surface area (Å²) in [6, 6.07) is 9.01. The van der Waals surface area contributed by atoms with Gasteiger partial charge in [0.25, 0.3) is 11.6 Å². The molecule has 8 nitrogen and oxygen atoms in total. The van der Waals surface area contributed by atoms with Crippen molar-refractivity contribution in [3.63, 3.8) is 0 Å². The van der Waals surface area contributed by atoms with Gasteiger partial charge in [0.05, 0.1) is 16.0 Å². The van der Waals surface area contributed by atoms with Gasteiger partial charge in [-0.1, -0.05) is 23.2 Å². The molecule has 0 saturated carbocycles. The highest BCUT2D eigenvalue weighted by Gasteiger charge is 2.17. The summed E-state index contributed by atoms with van der Waals surface area (Å²) in [5.74, 6) is -1.01. The molecule has 0 unspecified atom stereocenters. The van der Waals surface area contributed by atoms with Crippen LogP contribution < -0.4 is 0 Å². The normalized spacial score (nSPS) is 11.3. The number of rotatable bonds is 3. The minimum Gasteiger partial charge on any atom is -0.493 e. The average molecular weight is 359 g/mol. The molecule has 0 bridgehead atoms. The molecule has 0 saturated heterocycles. The Morgan fingerprint density at radius 3 is 2.76 bits per heavy atom. The summed E-state index contributed by atoms with van der Waals surface area (Å²) in [6.45, 7) is 1.88. The van der Waals surface area contributed by atoms with Gasteiger partial charge in [0.1, 0.15) is 5.02 Å². The number of nitro groups is 1. The number of aryl methyl sites for hydroxylation is 1. The third-order valence-corrected chi connectivity index (χ3v) is 3.86. The maximum atomic E-state index is 12.1. The van der Waals surface area contributed by atoms with Crippen molar-refractivity contribution in [3.8, 4) is 5.88 Å². The van der Waals surface area contributed by atoms with Crippen LogP contribution in [0.4, 0.5) is 11.4 Å². The molecule has 0 aliphatic rings. The number of aromatic hydroxyl groups is 1. The van der Waals surface area contributed by atoms with E-state index in [1.165, 1.54) is 12.1 Å².